The minimum atomic E-state index is -3.47. The largest absolute Gasteiger partial charge is 0.272 e. The first-order chi connectivity index (χ1) is 7.03. The van der Waals surface area contributed by atoms with Crippen molar-refractivity contribution in [3.63, 3.8) is 0 Å². The molecule has 5 nitrogen and oxygen atoms in total. The van der Waals surface area contributed by atoms with E-state index in [-0.39, 0.29) is 4.90 Å². The van der Waals surface area contributed by atoms with Crippen LogP contribution in [0, 0.1) is 6.92 Å². The Labute approximate surface area is 88.0 Å². The zero-order chi connectivity index (χ0) is 11.1. The second-order valence-corrected chi connectivity index (χ2v) is 5.05. The van der Waals surface area contributed by atoms with Crippen LogP contribution in [-0.2, 0) is 17.1 Å². The molecule has 80 valence electrons. The number of rotatable bonds is 2. The Hall–Kier alpha value is -1.56. The van der Waals surface area contributed by atoms with Gasteiger partial charge in [0.05, 0.1) is 11.9 Å². The Bertz CT molecular complexity index is 567. The van der Waals surface area contributed by atoms with Crippen molar-refractivity contribution >= 4 is 10.0 Å². The Morgan fingerprint density at radius 2 is 1.87 bits per heavy atom. The SMILES string of the molecule is Cc1c(S(=O)(=O)n2cccc2)cnn1C. The molecule has 0 spiro atoms. The number of hydrogen-bond acceptors (Lipinski definition) is 3. The fourth-order valence-corrected chi connectivity index (χ4v) is 2.70. The third kappa shape index (κ3) is 1.46. The highest BCUT2D eigenvalue weighted by atomic mass is 32.2. The van der Waals surface area contributed by atoms with Crippen LogP contribution < -0.4 is 0 Å². The van der Waals surface area contributed by atoms with E-state index in [0.717, 1.165) is 0 Å². The standard InChI is InChI=1S/C9H11N3O2S/c1-8-9(7-10-11(8)2)15(13,14)12-5-3-4-6-12/h3-7H,1-2H3. The van der Waals surface area contributed by atoms with Gasteiger partial charge in [-0.3, -0.25) is 4.68 Å². The Morgan fingerprint density at radius 3 is 2.33 bits per heavy atom. The molecule has 15 heavy (non-hydrogen) atoms. The summed E-state index contributed by atoms with van der Waals surface area (Å²) in [6.45, 7) is 1.73. The van der Waals surface area contributed by atoms with Crippen molar-refractivity contribution in [2.45, 2.75) is 11.8 Å². The summed E-state index contributed by atoms with van der Waals surface area (Å²) in [4.78, 5) is 0.237. The predicted molar refractivity (Wildman–Crippen MR) is 55.0 cm³/mol. The van der Waals surface area contributed by atoms with Gasteiger partial charge >= 0.3 is 0 Å². The number of aryl methyl sites for hydroxylation is 1. The topological polar surface area (TPSA) is 56.9 Å². The lowest BCUT2D eigenvalue weighted by Gasteiger charge is -2.04. The van der Waals surface area contributed by atoms with E-state index in [9.17, 15) is 8.42 Å². The van der Waals surface area contributed by atoms with Crippen LogP contribution in [0.5, 0.6) is 0 Å². The molecule has 0 radical (unpaired) electrons. The average molecular weight is 225 g/mol. The zero-order valence-corrected chi connectivity index (χ0v) is 9.27. The molecular formula is C9H11N3O2S. The summed E-state index contributed by atoms with van der Waals surface area (Å²) >= 11 is 0. The van der Waals surface area contributed by atoms with Crippen molar-refractivity contribution in [3.8, 4) is 0 Å². The molecule has 0 aliphatic rings. The third-order valence-electron chi connectivity index (χ3n) is 2.32. The lowest BCUT2D eigenvalue weighted by atomic mass is 10.5. The van der Waals surface area contributed by atoms with E-state index >= 15 is 0 Å². The first-order valence-electron chi connectivity index (χ1n) is 4.40. The molecule has 2 rings (SSSR count). The summed E-state index contributed by atoms with van der Waals surface area (Å²) in [6.07, 6.45) is 4.37. The molecule has 0 unspecified atom stereocenters. The molecule has 0 bridgehead atoms. The quantitative estimate of drug-likeness (QED) is 0.758. The molecule has 0 aliphatic carbocycles. The van der Waals surface area contributed by atoms with Gasteiger partial charge in [-0.05, 0) is 19.1 Å². The molecule has 0 N–H and O–H groups in total. The van der Waals surface area contributed by atoms with Crippen molar-refractivity contribution in [2.75, 3.05) is 0 Å². The maximum absolute atomic E-state index is 12.0. The Balaban J connectivity index is 2.62. The molecule has 0 amide bonds. The average Bonchev–Trinajstić information content (AvgIpc) is 2.78. The normalized spacial score (nSPS) is 11.9. The van der Waals surface area contributed by atoms with Crippen molar-refractivity contribution in [3.05, 3.63) is 36.4 Å². The van der Waals surface area contributed by atoms with Gasteiger partial charge < -0.3 is 0 Å². The highest BCUT2D eigenvalue weighted by Gasteiger charge is 2.20. The molecule has 0 aromatic carbocycles. The van der Waals surface area contributed by atoms with Gasteiger partial charge in [0.15, 0.2) is 0 Å². The fourth-order valence-electron chi connectivity index (χ4n) is 1.32. The fraction of sp³-hybridized carbons (Fsp3) is 0.222. The molecule has 0 fully saturated rings. The lowest BCUT2D eigenvalue weighted by molar-refractivity contribution is 0.586. The van der Waals surface area contributed by atoms with Gasteiger partial charge in [0.2, 0.25) is 0 Å². The zero-order valence-electron chi connectivity index (χ0n) is 8.45. The summed E-state index contributed by atoms with van der Waals surface area (Å²) in [5.74, 6) is 0. The smallest absolute Gasteiger partial charge is 0.270 e. The summed E-state index contributed by atoms with van der Waals surface area (Å²) in [5.41, 5.74) is 0.628. The Morgan fingerprint density at radius 1 is 1.27 bits per heavy atom. The van der Waals surface area contributed by atoms with Crippen molar-refractivity contribution < 1.29 is 8.42 Å². The molecule has 6 heteroatoms. The monoisotopic (exact) mass is 225 g/mol. The van der Waals surface area contributed by atoms with Gasteiger partial charge in [0, 0.05) is 19.4 Å². The third-order valence-corrected chi connectivity index (χ3v) is 4.08. The summed E-state index contributed by atoms with van der Waals surface area (Å²) < 4.78 is 26.8. The molecule has 2 aromatic heterocycles. The second kappa shape index (κ2) is 3.23. The van der Waals surface area contributed by atoms with Crippen molar-refractivity contribution in [1.82, 2.24) is 13.8 Å². The van der Waals surface area contributed by atoms with Gasteiger partial charge in [-0.1, -0.05) is 0 Å². The van der Waals surface area contributed by atoms with Crippen molar-refractivity contribution in [2.24, 2.45) is 7.05 Å². The number of hydrogen-bond donors (Lipinski definition) is 0. The predicted octanol–water partition coefficient (Wildman–Crippen LogP) is 0.767. The summed E-state index contributed by atoms with van der Waals surface area (Å²) in [7, 11) is -1.76. The van der Waals surface area contributed by atoms with Crippen LogP contribution in [0.25, 0.3) is 0 Å². The van der Waals surface area contributed by atoms with Gasteiger partial charge in [-0.25, -0.2) is 12.4 Å². The lowest BCUT2D eigenvalue weighted by Crippen LogP contribution is -2.11. The second-order valence-electron chi connectivity index (χ2n) is 3.24. The highest BCUT2D eigenvalue weighted by Crippen LogP contribution is 2.16. The molecule has 2 heterocycles. The van der Waals surface area contributed by atoms with Crippen molar-refractivity contribution in [1.29, 1.82) is 0 Å². The van der Waals surface area contributed by atoms with Crippen LogP contribution in [0.3, 0.4) is 0 Å². The van der Waals surface area contributed by atoms with E-state index in [1.165, 1.54) is 27.2 Å². The first kappa shape index (κ1) is 9.97. The summed E-state index contributed by atoms with van der Waals surface area (Å²) in [5, 5.41) is 3.92. The molecule has 0 saturated heterocycles. The number of nitrogens with zero attached hydrogens (tertiary/aromatic N) is 3. The van der Waals surface area contributed by atoms with Gasteiger partial charge in [-0.15, -0.1) is 0 Å². The molecular weight excluding hydrogens is 214 g/mol. The van der Waals surface area contributed by atoms with Crippen LogP contribution in [0.4, 0.5) is 0 Å². The van der Waals surface area contributed by atoms with Gasteiger partial charge in [0.1, 0.15) is 4.90 Å². The molecule has 0 aliphatic heterocycles. The van der Waals surface area contributed by atoms with E-state index in [1.807, 2.05) is 0 Å². The van der Waals surface area contributed by atoms with E-state index in [2.05, 4.69) is 5.10 Å². The molecule has 0 saturated carbocycles. The van der Waals surface area contributed by atoms with E-state index in [0.29, 0.717) is 5.69 Å². The van der Waals surface area contributed by atoms with Crippen LogP contribution in [0.1, 0.15) is 5.69 Å². The van der Waals surface area contributed by atoms with E-state index in [1.54, 1.807) is 26.1 Å². The van der Waals surface area contributed by atoms with E-state index in [4.69, 9.17) is 0 Å². The Kier molecular flexibility index (Phi) is 2.15. The van der Waals surface area contributed by atoms with Gasteiger partial charge in [-0.2, -0.15) is 5.10 Å². The van der Waals surface area contributed by atoms with Crippen LogP contribution in [0.15, 0.2) is 35.6 Å². The van der Waals surface area contributed by atoms with Crippen LogP contribution in [-0.4, -0.2) is 22.2 Å². The molecule has 0 atom stereocenters. The minimum absolute atomic E-state index is 0.237. The highest BCUT2D eigenvalue weighted by molar-refractivity contribution is 7.90. The van der Waals surface area contributed by atoms with Crippen LogP contribution in [0.2, 0.25) is 0 Å². The van der Waals surface area contributed by atoms with E-state index < -0.39 is 10.0 Å². The maximum atomic E-state index is 12.0. The minimum Gasteiger partial charge on any atom is -0.272 e. The first-order valence-corrected chi connectivity index (χ1v) is 5.84. The summed E-state index contributed by atoms with van der Waals surface area (Å²) in [6, 6.07) is 3.34. The van der Waals surface area contributed by atoms with Crippen LogP contribution >= 0.6 is 0 Å². The number of aromatic nitrogens is 3. The molecule has 2 aromatic rings. The maximum Gasteiger partial charge on any atom is 0.270 e. The van der Waals surface area contributed by atoms with Gasteiger partial charge in [0.25, 0.3) is 10.0 Å².